The molecule has 0 bridgehead atoms. The van der Waals surface area contributed by atoms with E-state index in [0.29, 0.717) is 0 Å². The number of anilines is 1. The molecule has 1 fully saturated rings. The van der Waals surface area contributed by atoms with Crippen LogP contribution >= 0.6 is 15.6 Å². The number of phosphoric acid groups is 2. The monoisotopic (exact) mass is 451 g/mol. The summed E-state index contributed by atoms with van der Waals surface area (Å²) in [6, 6.07) is 1.24. The van der Waals surface area contributed by atoms with Crippen LogP contribution in [0.15, 0.2) is 17.1 Å². The number of phosphoric ester groups is 1. The van der Waals surface area contributed by atoms with E-state index < -0.39 is 52.5 Å². The Morgan fingerprint density at radius 2 is 1.85 bits per heavy atom. The Kier molecular flexibility index (Phi) is 11.1. The quantitative estimate of drug-likeness (QED) is 0.175. The van der Waals surface area contributed by atoms with Crippen molar-refractivity contribution in [2.75, 3.05) is 12.3 Å². The largest absolute Gasteiger partial charge is 1.00 e. The van der Waals surface area contributed by atoms with E-state index in [0.717, 1.165) is 10.8 Å². The van der Waals surface area contributed by atoms with Gasteiger partial charge in [-0.2, -0.15) is 9.29 Å². The first-order valence-electron chi connectivity index (χ1n) is 6.50. The second-order valence-corrected chi connectivity index (χ2v) is 7.75. The summed E-state index contributed by atoms with van der Waals surface area (Å²) in [5.41, 5.74) is 4.45. The molecule has 7 N–H and O–H groups in total. The summed E-state index contributed by atoms with van der Waals surface area (Å²) in [7, 11) is -10.5. The maximum atomic E-state index is 11.7. The molecule has 27 heavy (non-hydrogen) atoms. The van der Waals surface area contributed by atoms with E-state index in [1.807, 2.05) is 0 Å². The second-order valence-electron chi connectivity index (χ2n) is 4.93. The van der Waals surface area contributed by atoms with Crippen LogP contribution in [0.2, 0.25) is 0 Å². The molecular formula is C9H17N3Na2O11P2. The van der Waals surface area contributed by atoms with Gasteiger partial charge in [0.15, 0.2) is 6.23 Å². The van der Waals surface area contributed by atoms with Crippen LogP contribution in [-0.4, -0.2) is 59.4 Å². The molecule has 146 valence electrons. The Balaban J connectivity index is -0.00000169. The summed E-state index contributed by atoms with van der Waals surface area (Å²) in [6.45, 7) is -0.875. The molecule has 1 unspecified atom stereocenters. The number of aliphatic hydroxyl groups is 2. The normalized spacial score (nSPS) is 27.3. The predicted molar refractivity (Wildman–Crippen MR) is 80.0 cm³/mol. The van der Waals surface area contributed by atoms with Gasteiger partial charge in [0.1, 0.15) is 24.1 Å². The molecule has 5 atom stereocenters. The van der Waals surface area contributed by atoms with Crippen molar-refractivity contribution in [3.63, 3.8) is 0 Å². The van der Waals surface area contributed by atoms with Crippen LogP contribution in [0.3, 0.4) is 0 Å². The molecule has 0 saturated carbocycles. The first-order chi connectivity index (χ1) is 11.4. The van der Waals surface area contributed by atoms with Crippen molar-refractivity contribution in [2.24, 2.45) is 0 Å². The fourth-order valence-corrected chi connectivity index (χ4v) is 3.64. The summed E-state index contributed by atoms with van der Waals surface area (Å²) in [4.78, 5) is 41.3. The molecular weight excluding hydrogens is 434 g/mol. The van der Waals surface area contributed by atoms with E-state index in [4.69, 9.17) is 25.2 Å². The molecule has 14 nitrogen and oxygen atoms in total. The van der Waals surface area contributed by atoms with E-state index >= 15 is 0 Å². The fourth-order valence-electron chi connectivity index (χ4n) is 2.04. The molecule has 0 aliphatic carbocycles. The number of aromatic nitrogens is 2. The van der Waals surface area contributed by atoms with E-state index in [1.165, 1.54) is 6.07 Å². The number of nitrogen functional groups attached to an aromatic ring is 1. The maximum Gasteiger partial charge on any atom is 1.00 e. The molecule has 0 aromatic carbocycles. The zero-order valence-electron chi connectivity index (χ0n) is 16.2. The topological polar surface area (TPSA) is 224 Å². The van der Waals surface area contributed by atoms with Gasteiger partial charge in [-0.1, -0.05) is 0 Å². The van der Waals surface area contributed by atoms with Crippen molar-refractivity contribution in [2.45, 2.75) is 24.5 Å². The van der Waals surface area contributed by atoms with Gasteiger partial charge >= 0.3 is 80.4 Å². The van der Waals surface area contributed by atoms with Crippen LogP contribution in [0.1, 0.15) is 9.08 Å². The Morgan fingerprint density at radius 1 is 1.26 bits per heavy atom. The number of nitrogens with zero attached hydrogens (tertiary/aromatic N) is 2. The van der Waals surface area contributed by atoms with E-state index in [9.17, 15) is 24.1 Å². The summed E-state index contributed by atoms with van der Waals surface area (Å²) in [5, 5.41) is 19.8. The van der Waals surface area contributed by atoms with Gasteiger partial charge in [-0.25, -0.2) is 13.9 Å². The number of hydrogen-bond donors (Lipinski definition) is 6. The molecule has 0 spiro atoms. The van der Waals surface area contributed by atoms with Crippen molar-refractivity contribution >= 4 is 21.5 Å². The minimum Gasteiger partial charge on any atom is -1.00 e. The zero-order chi connectivity index (χ0) is 19.0. The zero-order valence-corrected chi connectivity index (χ0v) is 20.0. The molecule has 2 rings (SSSR count). The molecule has 0 amide bonds. The van der Waals surface area contributed by atoms with Gasteiger partial charge in [-0.15, -0.1) is 0 Å². The number of aliphatic hydroxyl groups excluding tert-OH is 2. The molecule has 1 aliphatic heterocycles. The van der Waals surface area contributed by atoms with E-state index in [-0.39, 0.29) is 67.8 Å². The average molecular weight is 451 g/mol. The van der Waals surface area contributed by atoms with Gasteiger partial charge in [0.25, 0.3) is 0 Å². The number of ether oxygens (including phenoxy) is 1. The van der Waals surface area contributed by atoms with Gasteiger partial charge < -0.3 is 38.2 Å². The SMILES string of the molecule is Nc1ccn([C@@H]2O[C@H](COP(=O)(O)OP(=O)(O)O)[C@@H](O)[C@H]2O)c(=O)n1.[H-].[H-].[Na+].[Na+]. The van der Waals surface area contributed by atoms with Crippen LogP contribution in [0.5, 0.6) is 0 Å². The molecule has 18 heteroatoms. The standard InChI is InChI=1S/C9H15N3O11P2.2Na.2H/c10-5-1-2-12(9(15)11-5)8-7(14)6(13)4(22-8)3-21-25(19,20)23-24(16,17)18;;;;/h1-2,4,6-8,13-14H,3H2,(H,19,20)(H2,10,11,15)(H2,16,17,18);;;;/q;2*+1;2*-1/t4-,6-,7-,8-;;;;/m1..../s1. The molecule has 1 aliphatic rings. The van der Waals surface area contributed by atoms with Crippen molar-refractivity contribution in [1.29, 1.82) is 0 Å². The third-order valence-corrected chi connectivity index (χ3v) is 5.23. The molecule has 1 aromatic heterocycles. The number of rotatable bonds is 6. The van der Waals surface area contributed by atoms with E-state index in [1.54, 1.807) is 0 Å². The Hall–Kier alpha value is 0.820. The van der Waals surface area contributed by atoms with Crippen molar-refractivity contribution < 1.29 is 110 Å². The van der Waals surface area contributed by atoms with Crippen molar-refractivity contribution in [3.05, 3.63) is 22.7 Å². The summed E-state index contributed by atoms with van der Waals surface area (Å²) >= 11 is 0. The maximum absolute atomic E-state index is 11.7. The minimum absolute atomic E-state index is 0. The van der Waals surface area contributed by atoms with Crippen LogP contribution in [0, 0.1) is 0 Å². The third kappa shape index (κ3) is 7.87. The van der Waals surface area contributed by atoms with Crippen molar-refractivity contribution in [1.82, 2.24) is 9.55 Å². The molecule has 1 aromatic rings. The van der Waals surface area contributed by atoms with Gasteiger partial charge in [0.2, 0.25) is 0 Å². The van der Waals surface area contributed by atoms with E-state index in [2.05, 4.69) is 13.8 Å². The Morgan fingerprint density at radius 3 is 2.37 bits per heavy atom. The molecule has 0 radical (unpaired) electrons. The Bertz CT molecular complexity index is 799. The predicted octanol–water partition coefficient (Wildman–Crippen LogP) is -8.10. The van der Waals surface area contributed by atoms with Crippen molar-refractivity contribution in [3.8, 4) is 0 Å². The third-order valence-electron chi connectivity index (χ3n) is 3.07. The van der Waals surface area contributed by atoms with Crippen LogP contribution in [0.25, 0.3) is 0 Å². The second kappa shape index (κ2) is 10.7. The molecule has 1 saturated heterocycles. The number of hydrogen-bond acceptors (Lipinski definition) is 10. The fraction of sp³-hybridized carbons (Fsp3) is 0.556. The Labute approximate surface area is 199 Å². The van der Waals surface area contributed by atoms with Gasteiger partial charge in [0.05, 0.1) is 6.61 Å². The van der Waals surface area contributed by atoms with Crippen LogP contribution < -0.4 is 70.5 Å². The van der Waals surface area contributed by atoms with Crippen LogP contribution in [-0.2, 0) is 22.7 Å². The smallest absolute Gasteiger partial charge is 1.00 e. The first kappa shape index (κ1) is 27.8. The summed E-state index contributed by atoms with van der Waals surface area (Å²) < 4.78 is 35.8. The van der Waals surface area contributed by atoms with Gasteiger partial charge in [-0.3, -0.25) is 9.09 Å². The van der Waals surface area contributed by atoms with Gasteiger partial charge in [0, 0.05) is 6.20 Å². The number of nitrogens with two attached hydrogens (primary N) is 1. The first-order valence-corrected chi connectivity index (χ1v) is 9.53. The summed E-state index contributed by atoms with van der Waals surface area (Å²) in [6.07, 6.45) is -4.93. The van der Waals surface area contributed by atoms with Gasteiger partial charge in [-0.05, 0) is 6.07 Å². The minimum atomic E-state index is -5.30. The van der Waals surface area contributed by atoms with Crippen LogP contribution in [0.4, 0.5) is 5.82 Å². The molecule has 2 heterocycles. The average Bonchev–Trinajstić information content (AvgIpc) is 2.71. The summed E-state index contributed by atoms with van der Waals surface area (Å²) in [5.74, 6) is -0.0787.